The number of piperidine rings is 3. The van der Waals surface area contributed by atoms with Crippen molar-refractivity contribution in [2.24, 2.45) is 0 Å². The fourth-order valence-electron chi connectivity index (χ4n) is 12.9. The van der Waals surface area contributed by atoms with Crippen molar-refractivity contribution >= 4 is 22.3 Å². The van der Waals surface area contributed by atoms with Crippen LogP contribution in [-0.2, 0) is 0 Å². The van der Waals surface area contributed by atoms with Crippen molar-refractivity contribution in [3.8, 4) is 23.0 Å². The molecule has 12 rings (SSSR count). The molecule has 0 radical (unpaired) electrons. The molecular weight excluding hydrogens is 1030 g/mol. The lowest BCUT2D eigenvalue weighted by molar-refractivity contribution is 0.0552. The van der Waals surface area contributed by atoms with Crippen molar-refractivity contribution in [2.75, 3.05) is 39.3 Å². The SMILES string of the molecule is CCCCCCC(CCC)Oc1ccc(C2=c3ccc([nH]3)=C(c3ccc(OC4(C)CCNCC4)cc3)c3ccc([nH]3)C(c3ccc(OC4(C)CCNCC4)cc3)=c3ccc([nH]3)=C(c3ccc(OC4(C)CCNCC4)cc3)c3ccc2[nH]3)cc1. The van der Waals surface area contributed by atoms with Crippen LogP contribution < -0.4 is 56.3 Å². The fourth-order valence-corrected chi connectivity index (χ4v) is 12.9. The average Bonchev–Trinajstić information content (AvgIpc) is 3.61. The molecule has 432 valence electrons. The summed E-state index contributed by atoms with van der Waals surface area (Å²) >= 11 is 0. The van der Waals surface area contributed by atoms with Gasteiger partial charge in [-0.3, -0.25) is 0 Å². The highest BCUT2D eigenvalue weighted by atomic mass is 16.5. The van der Waals surface area contributed by atoms with Crippen LogP contribution in [0.1, 0.15) is 163 Å². The summed E-state index contributed by atoms with van der Waals surface area (Å²) in [6.45, 7) is 17.0. The van der Waals surface area contributed by atoms with Crippen LogP contribution in [0.15, 0.2) is 146 Å². The molecule has 3 fully saturated rings. The van der Waals surface area contributed by atoms with E-state index in [1.54, 1.807) is 0 Å². The summed E-state index contributed by atoms with van der Waals surface area (Å²) in [6, 6.07) is 52.6. The molecule has 11 nitrogen and oxygen atoms in total. The normalized spacial score (nSPS) is 17.9. The number of H-pyrrole nitrogens is 4. The third-order valence-electron chi connectivity index (χ3n) is 17.8. The van der Waals surface area contributed by atoms with Gasteiger partial charge < -0.3 is 54.8 Å². The smallest absolute Gasteiger partial charge is 0.120 e. The zero-order valence-electron chi connectivity index (χ0n) is 49.5. The minimum Gasteiger partial charge on any atom is -0.490 e. The Morgan fingerprint density at radius 3 is 0.952 bits per heavy atom. The maximum Gasteiger partial charge on any atom is 0.120 e. The number of unbranched alkanes of at least 4 members (excludes halogenated alkanes) is 3. The van der Waals surface area contributed by atoms with Crippen molar-refractivity contribution in [2.45, 2.75) is 141 Å². The lowest BCUT2D eigenvalue weighted by Crippen LogP contribution is -2.43. The maximum absolute atomic E-state index is 6.76. The number of nitrogens with one attached hydrogen (secondary N) is 7. The van der Waals surface area contributed by atoms with Gasteiger partial charge in [0.15, 0.2) is 0 Å². The minimum absolute atomic E-state index is 0.197. The van der Waals surface area contributed by atoms with Crippen molar-refractivity contribution in [1.82, 2.24) is 35.9 Å². The Labute approximate surface area is 490 Å². The van der Waals surface area contributed by atoms with E-state index < -0.39 is 0 Å². The molecule has 8 bridgehead atoms. The lowest BCUT2D eigenvalue weighted by atomic mass is 9.94. The Kier molecular flexibility index (Phi) is 16.7. The Balaban J connectivity index is 1.03. The fraction of sp³-hybridized carbons (Fsp3) is 0.389. The summed E-state index contributed by atoms with van der Waals surface area (Å²) in [4.78, 5) is 16.0. The Morgan fingerprint density at radius 2 is 0.651 bits per heavy atom. The van der Waals surface area contributed by atoms with Gasteiger partial charge in [-0.05, 0) is 237 Å². The van der Waals surface area contributed by atoms with Crippen LogP contribution in [0.5, 0.6) is 23.0 Å². The van der Waals surface area contributed by atoms with Gasteiger partial charge in [-0.1, -0.05) is 88.1 Å². The zero-order chi connectivity index (χ0) is 56.8. The second-order valence-electron chi connectivity index (χ2n) is 24.5. The number of aromatic nitrogens is 4. The predicted molar refractivity (Wildman–Crippen MR) is 335 cm³/mol. The molecule has 4 aliphatic rings. The highest BCUT2D eigenvalue weighted by Gasteiger charge is 2.31. The molecule has 1 unspecified atom stereocenters. The van der Waals surface area contributed by atoms with Gasteiger partial charge in [0.25, 0.3) is 0 Å². The highest BCUT2D eigenvalue weighted by Crippen LogP contribution is 2.34. The Bertz CT molecular complexity index is 3710. The average molecular weight is 1110 g/mol. The van der Waals surface area contributed by atoms with Gasteiger partial charge in [-0.2, -0.15) is 0 Å². The first kappa shape index (κ1) is 56.1. The predicted octanol–water partition coefficient (Wildman–Crippen LogP) is 11.4. The summed E-state index contributed by atoms with van der Waals surface area (Å²) in [6.07, 6.45) is 14.1. The molecule has 0 saturated carbocycles. The first-order valence-corrected chi connectivity index (χ1v) is 31.1. The van der Waals surface area contributed by atoms with Crippen LogP contribution >= 0.6 is 0 Å². The largest absolute Gasteiger partial charge is 0.490 e. The van der Waals surface area contributed by atoms with Gasteiger partial charge in [0.05, 0.1) is 6.10 Å². The molecule has 0 amide bonds. The van der Waals surface area contributed by atoms with E-state index in [9.17, 15) is 0 Å². The van der Waals surface area contributed by atoms with Gasteiger partial charge in [-0.25, -0.2) is 0 Å². The molecule has 3 saturated heterocycles. The Hall–Kier alpha value is -7.44. The summed E-state index contributed by atoms with van der Waals surface area (Å²) < 4.78 is 27.0. The summed E-state index contributed by atoms with van der Waals surface area (Å²) in [5, 5.41) is 14.4. The molecule has 4 aromatic carbocycles. The van der Waals surface area contributed by atoms with Crippen LogP contribution in [-0.4, -0.2) is 82.1 Å². The molecule has 1 atom stereocenters. The van der Waals surface area contributed by atoms with Crippen molar-refractivity contribution in [1.29, 1.82) is 0 Å². The van der Waals surface area contributed by atoms with E-state index >= 15 is 0 Å². The van der Waals surface area contributed by atoms with E-state index in [0.29, 0.717) is 0 Å². The molecule has 0 spiro atoms. The first-order valence-electron chi connectivity index (χ1n) is 31.1. The van der Waals surface area contributed by atoms with E-state index in [0.717, 1.165) is 209 Å². The molecule has 8 heterocycles. The molecule has 0 aliphatic carbocycles. The standard InChI is InChI=1S/C72H85N7O4/c1-6-8-9-10-12-53(11-7-2)80-54-21-13-49(14-22-54)66-58-29-31-60(76-58)67(50-15-23-55(24-16-50)81-70(3)37-43-73-44-38-70)62-33-35-64(78-62)69(52-19-27-57(28-20-52)83-72(5)41-47-75-48-42-72)65-36-34-63(79-65)68(61-32-30-59(66)77-61)51-17-25-56(26-18-51)82-71(4)39-45-74-46-40-71/h13-36,53,73-79H,6-12,37-48H2,1-5H3. The number of rotatable bonds is 19. The lowest BCUT2D eigenvalue weighted by Gasteiger charge is -2.34. The van der Waals surface area contributed by atoms with E-state index in [2.05, 4.69) is 216 Å². The molecule has 83 heavy (non-hydrogen) atoms. The van der Waals surface area contributed by atoms with Crippen molar-refractivity contribution in [3.63, 3.8) is 0 Å². The third-order valence-corrected chi connectivity index (χ3v) is 17.8. The molecule has 7 N–H and O–H groups in total. The maximum atomic E-state index is 6.76. The number of fused-ring (bicyclic) bond motifs is 8. The topological polar surface area (TPSA) is 136 Å². The van der Waals surface area contributed by atoms with Gasteiger partial charge >= 0.3 is 0 Å². The first-order chi connectivity index (χ1) is 40.5. The second kappa shape index (κ2) is 24.8. The number of hydrogen-bond acceptors (Lipinski definition) is 7. The van der Waals surface area contributed by atoms with Crippen LogP contribution in [0.25, 0.3) is 22.3 Å². The molecule has 4 aromatic heterocycles. The number of aromatic amines is 4. The van der Waals surface area contributed by atoms with Crippen molar-refractivity contribution < 1.29 is 18.9 Å². The van der Waals surface area contributed by atoms with Crippen LogP contribution in [0, 0.1) is 0 Å². The number of ether oxygens (including phenoxy) is 4. The van der Waals surface area contributed by atoms with E-state index in [4.69, 9.17) is 18.9 Å². The Morgan fingerprint density at radius 1 is 0.337 bits per heavy atom. The number of benzene rings is 4. The monoisotopic (exact) mass is 1110 g/mol. The molecule has 4 aliphatic heterocycles. The summed E-state index contributed by atoms with van der Waals surface area (Å²) in [5.41, 5.74) is 11.8. The van der Waals surface area contributed by atoms with Gasteiger partial charge in [-0.15, -0.1) is 0 Å². The van der Waals surface area contributed by atoms with Gasteiger partial charge in [0, 0.05) is 66.5 Å². The van der Waals surface area contributed by atoms with Crippen LogP contribution in [0.4, 0.5) is 0 Å². The second-order valence-corrected chi connectivity index (χ2v) is 24.5. The van der Waals surface area contributed by atoms with Crippen LogP contribution in [0.2, 0.25) is 0 Å². The summed E-state index contributed by atoms with van der Waals surface area (Å²) in [5.74, 6) is 3.53. The number of hydrogen-bond donors (Lipinski definition) is 7. The van der Waals surface area contributed by atoms with E-state index in [-0.39, 0.29) is 22.9 Å². The molecular formula is C72H85N7O4. The van der Waals surface area contributed by atoms with Gasteiger partial charge in [0.1, 0.15) is 39.8 Å². The van der Waals surface area contributed by atoms with Gasteiger partial charge in [0.2, 0.25) is 0 Å². The highest BCUT2D eigenvalue weighted by molar-refractivity contribution is 5.85. The van der Waals surface area contributed by atoms with E-state index in [1.807, 2.05) is 0 Å². The minimum atomic E-state index is -0.215. The zero-order valence-corrected chi connectivity index (χ0v) is 49.5. The molecule has 8 aromatic rings. The quantitative estimate of drug-likeness (QED) is 0.0401. The van der Waals surface area contributed by atoms with Crippen molar-refractivity contribution in [3.05, 3.63) is 212 Å². The third kappa shape index (κ3) is 12.9. The summed E-state index contributed by atoms with van der Waals surface area (Å²) in [7, 11) is 0. The van der Waals surface area contributed by atoms with E-state index in [1.165, 1.54) is 25.7 Å². The van der Waals surface area contributed by atoms with Crippen LogP contribution in [0.3, 0.4) is 0 Å². The molecule has 11 heteroatoms.